The molecule has 2 aromatic heterocycles. The van der Waals surface area contributed by atoms with Crippen molar-refractivity contribution in [3.63, 3.8) is 0 Å². The zero-order chi connectivity index (χ0) is 20.1. The molecule has 6 nitrogen and oxygen atoms in total. The predicted molar refractivity (Wildman–Crippen MR) is 112 cm³/mol. The number of nitrogens with two attached hydrogens (primary N) is 1. The molecule has 0 saturated carbocycles. The molecule has 1 aromatic carbocycles. The molecule has 4 rings (SSSR count). The minimum Gasteiger partial charge on any atom is -0.397 e. The Labute approximate surface area is 169 Å². The molecular formula is C21H23ClN4O2. The van der Waals surface area contributed by atoms with E-state index in [9.17, 15) is 4.79 Å². The van der Waals surface area contributed by atoms with E-state index in [1.807, 2.05) is 19.9 Å². The number of anilines is 1. The lowest BCUT2D eigenvalue weighted by molar-refractivity contribution is 0.0304. The van der Waals surface area contributed by atoms with Crippen molar-refractivity contribution in [3.05, 3.63) is 53.2 Å². The van der Waals surface area contributed by atoms with Crippen LogP contribution in [0.3, 0.4) is 0 Å². The number of nitrogen functional groups attached to an aromatic ring is 1. The molecule has 28 heavy (non-hydrogen) atoms. The van der Waals surface area contributed by atoms with Crippen molar-refractivity contribution in [3.8, 4) is 11.4 Å². The molecule has 0 radical (unpaired) electrons. The minimum absolute atomic E-state index is 0.0559. The largest absolute Gasteiger partial charge is 0.397 e. The number of pyridine rings is 2. The molecule has 2 N–H and O–H groups in total. The lowest BCUT2D eigenvalue weighted by atomic mass is 10.0. The highest BCUT2D eigenvalue weighted by molar-refractivity contribution is 6.31. The second kappa shape index (κ2) is 8.99. The van der Waals surface area contributed by atoms with Crippen LogP contribution >= 0.6 is 11.6 Å². The minimum atomic E-state index is -0.0559. The summed E-state index contributed by atoms with van der Waals surface area (Å²) in [6.45, 7) is 6.22. The number of morpholine rings is 1. The van der Waals surface area contributed by atoms with Gasteiger partial charge < -0.3 is 15.4 Å². The molecule has 0 aliphatic carbocycles. The van der Waals surface area contributed by atoms with E-state index in [-0.39, 0.29) is 5.91 Å². The van der Waals surface area contributed by atoms with Gasteiger partial charge in [0.2, 0.25) is 0 Å². The van der Waals surface area contributed by atoms with Crippen LogP contribution in [-0.4, -0.2) is 47.1 Å². The molecule has 0 bridgehead atoms. The van der Waals surface area contributed by atoms with Gasteiger partial charge in [0.1, 0.15) is 0 Å². The Kier molecular flexibility index (Phi) is 6.44. The number of amides is 1. The number of carbonyl (C=O) groups excluding carboxylic acids is 1. The molecular weight excluding hydrogens is 376 g/mol. The molecule has 1 aliphatic rings. The van der Waals surface area contributed by atoms with Gasteiger partial charge >= 0.3 is 0 Å². The van der Waals surface area contributed by atoms with Crippen LogP contribution in [0.5, 0.6) is 0 Å². The van der Waals surface area contributed by atoms with Crippen molar-refractivity contribution < 1.29 is 9.53 Å². The maximum absolute atomic E-state index is 13.1. The quantitative estimate of drug-likeness (QED) is 0.704. The molecule has 146 valence electrons. The molecule has 1 saturated heterocycles. The lowest BCUT2D eigenvalue weighted by Gasteiger charge is -2.27. The fourth-order valence-electron chi connectivity index (χ4n) is 3.00. The topological polar surface area (TPSA) is 81.3 Å². The van der Waals surface area contributed by atoms with E-state index in [0.29, 0.717) is 59.5 Å². The number of benzene rings is 1. The molecule has 3 aromatic rings. The molecule has 7 heteroatoms. The van der Waals surface area contributed by atoms with Crippen LogP contribution in [-0.2, 0) is 4.74 Å². The summed E-state index contributed by atoms with van der Waals surface area (Å²) in [4.78, 5) is 23.9. The molecule has 0 unspecified atom stereocenters. The Morgan fingerprint density at radius 2 is 1.86 bits per heavy atom. The van der Waals surface area contributed by atoms with Gasteiger partial charge in [0.25, 0.3) is 5.91 Å². The van der Waals surface area contributed by atoms with Crippen LogP contribution < -0.4 is 5.73 Å². The van der Waals surface area contributed by atoms with Gasteiger partial charge in [-0.25, -0.2) is 4.98 Å². The van der Waals surface area contributed by atoms with E-state index in [2.05, 4.69) is 9.97 Å². The third kappa shape index (κ3) is 4.24. The van der Waals surface area contributed by atoms with Gasteiger partial charge in [0.05, 0.1) is 47.6 Å². The van der Waals surface area contributed by atoms with Crippen LogP contribution in [0, 0.1) is 0 Å². The van der Waals surface area contributed by atoms with Crippen molar-refractivity contribution in [1.82, 2.24) is 14.9 Å². The fourth-order valence-corrected chi connectivity index (χ4v) is 3.17. The van der Waals surface area contributed by atoms with Crippen molar-refractivity contribution in [2.45, 2.75) is 13.8 Å². The summed E-state index contributed by atoms with van der Waals surface area (Å²) < 4.78 is 5.35. The maximum atomic E-state index is 13.1. The van der Waals surface area contributed by atoms with E-state index in [0.717, 1.165) is 5.39 Å². The van der Waals surface area contributed by atoms with Crippen LogP contribution in [0.2, 0.25) is 5.02 Å². The molecule has 1 amide bonds. The van der Waals surface area contributed by atoms with Crippen molar-refractivity contribution in [1.29, 1.82) is 0 Å². The van der Waals surface area contributed by atoms with Gasteiger partial charge in [-0.2, -0.15) is 0 Å². The SMILES string of the molecule is CC.Nc1ccc(-c2cc(C(=O)N3CCOCC3)c3cc(Cl)ccc3n2)nc1. The number of rotatable bonds is 2. The van der Waals surface area contributed by atoms with E-state index in [1.54, 1.807) is 41.4 Å². The fraction of sp³-hybridized carbons (Fsp3) is 0.286. The van der Waals surface area contributed by atoms with Crippen molar-refractivity contribution in [2.24, 2.45) is 0 Å². The van der Waals surface area contributed by atoms with Gasteiger partial charge in [-0.15, -0.1) is 0 Å². The van der Waals surface area contributed by atoms with Crippen molar-refractivity contribution >= 4 is 34.1 Å². The van der Waals surface area contributed by atoms with Crippen LogP contribution in [0.4, 0.5) is 5.69 Å². The Bertz CT molecular complexity index is 970. The summed E-state index contributed by atoms with van der Waals surface area (Å²) in [5.74, 6) is -0.0559. The van der Waals surface area contributed by atoms with Gasteiger partial charge in [-0.1, -0.05) is 25.4 Å². The zero-order valence-electron chi connectivity index (χ0n) is 16.0. The molecule has 1 aliphatic heterocycles. The summed E-state index contributed by atoms with van der Waals surface area (Å²) in [6, 6.07) is 10.7. The number of aromatic nitrogens is 2. The summed E-state index contributed by atoms with van der Waals surface area (Å²) in [5, 5.41) is 1.29. The van der Waals surface area contributed by atoms with Gasteiger partial charge in [0.15, 0.2) is 0 Å². The number of nitrogens with zero attached hydrogens (tertiary/aromatic N) is 3. The van der Waals surface area contributed by atoms with E-state index >= 15 is 0 Å². The first-order valence-electron chi connectivity index (χ1n) is 9.31. The first-order chi connectivity index (χ1) is 13.6. The third-order valence-corrected chi connectivity index (χ3v) is 4.58. The summed E-state index contributed by atoms with van der Waals surface area (Å²) in [7, 11) is 0. The number of hydrogen-bond donors (Lipinski definition) is 1. The number of carbonyl (C=O) groups is 1. The van der Waals surface area contributed by atoms with Crippen LogP contribution in [0.1, 0.15) is 24.2 Å². The number of halogens is 1. The first kappa shape index (κ1) is 20.0. The predicted octanol–water partition coefficient (Wildman–Crippen LogP) is 4.03. The van der Waals surface area contributed by atoms with Crippen LogP contribution in [0.15, 0.2) is 42.6 Å². The second-order valence-electron chi connectivity index (χ2n) is 6.10. The standard InChI is InChI=1S/C19H17ClN4O2.C2H6/c20-12-1-3-16-14(9-12)15(19(25)24-5-7-26-8-6-24)10-18(23-16)17-4-2-13(21)11-22-17;1-2/h1-4,9-11H,5-8,21H2;1-2H3. The average Bonchev–Trinajstić information content (AvgIpc) is 2.75. The smallest absolute Gasteiger partial charge is 0.254 e. The maximum Gasteiger partial charge on any atom is 0.254 e. The summed E-state index contributed by atoms with van der Waals surface area (Å²) in [6.07, 6.45) is 1.58. The highest BCUT2D eigenvalue weighted by atomic mass is 35.5. The molecule has 0 atom stereocenters. The summed E-state index contributed by atoms with van der Waals surface area (Å²) >= 11 is 6.16. The van der Waals surface area contributed by atoms with E-state index < -0.39 is 0 Å². The van der Waals surface area contributed by atoms with Gasteiger partial charge in [-0.3, -0.25) is 9.78 Å². The summed E-state index contributed by atoms with van der Waals surface area (Å²) in [5.41, 5.74) is 8.83. The van der Waals surface area contributed by atoms with E-state index in [4.69, 9.17) is 22.1 Å². The number of fused-ring (bicyclic) bond motifs is 1. The highest BCUT2D eigenvalue weighted by Crippen LogP contribution is 2.27. The number of ether oxygens (including phenoxy) is 1. The molecule has 3 heterocycles. The Morgan fingerprint density at radius 1 is 1.11 bits per heavy atom. The van der Waals surface area contributed by atoms with Gasteiger partial charge in [-0.05, 0) is 36.4 Å². The highest BCUT2D eigenvalue weighted by Gasteiger charge is 2.22. The monoisotopic (exact) mass is 398 g/mol. The second-order valence-corrected chi connectivity index (χ2v) is 6.53. The first-order valence-corrected chi connectivity index (χ1v) is 9.69. The Balaban J connectivity index is 0.00000109. The molecule has 0 spiro atoms. The Hall–Kier alpha value is -2.70. The number of hydrogen-bond acceptors (Lipinski definition) is 5. The lowest BCUT2D eigenvalue weighted by Crippen LogP contribution is -2.40. The third-order valence-electron chi connectivity index (χ3n) is 4.35. The molecule has 1 fully saturated rings. The van der Waals surface area contributed by atoms with Crippen molar-refractivity contribution in [2.75, 3.05) is 32.0 Å². The van der Waals surface area contributed by atoms with Gasteiger partial charge in [0, 0.05) is 23.5 Å². The van der Waals surface area contributed by atoms with E-state index in [1.165, 1.54) is 0 Å². The average molecular weight is 399 g/mol. The zero-order valence-corrected chi connectivity index (χ0v) is 16.7. The normalized spacial score (nSPS) is 13.8. The Morgan fingerprint density at radius 3 is 2.54 bits per heavy atom. The van der Waals surface area contributed by atoms with Crippen LogP contribution in [0.25, 0.3) is 22.3 Å².